The van der Waals surface area contributed by atoms with Crippen LogP contribution in [0, 0.1) is 5.92 Å². The minimum Gasteiger partial charge on any atom is -0.497 e. The summed E-state index contributed by atoms with van der Waals surface area (Å²) in [5, 5.41) is 3.50. The third-order valence-corrected chi connectivity index (χ3v) is 2.79. The first-order chi connectivity index (χ1) is 6.79. The van der Waals surface area contributed by atoms with Gasteiger partial charge in [-0.1, -0.05) is 6.07 Å². The monoisotopic (exact) mass is 191 g/mol. The predicted octanol–water partition coefficient (Wildman–Crippen LogP) is 2.91. The normalized spacial score (nSPS) is 17.6. The predicted molar refractivity (Wildman–Crippen MR) is 58.8 cm³/mol. The Morgan fingerprint density at radius 1 is 1.43 bits per heavy atom. The molecule has 0 saturated heterocycles. The van der Waals surface area contributed by atoms with Gasteiger partial charge in [0.05, 0.1) is 7.11 Å². The van der Waals surface area contributed by atoms with Gasteiger partial charge < -0.3 is 10.1 Å². The second-order valence-electron chi connectivity index (χ2n) is 4.00. The molecular weight excluding hydrogens is 174 g/mol. The van der Waals surface area contributed by atoms with E-state index >= 15 is 0 Å². The Hall–Kier alpha value is -1.18. The number of methoxy groups -OCH3 is 1. The molecule has 0 unspecified atom stereocenters. The molecule has 76 valence electrons. The second-order valence-corrected chi connectivity index (χ2v) is 4.00. The summed E-state index contributed by atoms with van der Waals surface area (Å²) in [6, 6.07) is 8.69. The average molecular weight is 191 g/mol. The average Bonchev–Trinajstić information content (AvgIpc) is 3.01. The van der Waals surface area contributed by atoms with E-state index in [4.69, 9.17) is 4.74 Å². The molecule has 2 heteroatoms. The van der Waals surface area contributed by atoms with Crippen LogP contribution in [0.3, 0.4) is 0 Å². The Kier molecular flexibility index (Phi) is 2.62. The molecule has 2 nitrogen and oxygen atoms in total. The van der Waals surface area contributed by atoms with Gasteiger partial charge in [-0.05, 0) is 37.8 Å². The van der Waals surface area contributed by atoms with Crippen molar-refractivity contribution >= 4 is 5.69 Å². The van der Waals surface area contributed by atoms with E-state index in [9.17, 15) is 0 Å². The van der Waals surface area contributed by atoms with Crippen LogP contribution in [-0.2, 0) is 0 Å². The number of anilines is 1. The zero-order valence-electron chi connectivity index (χ0n) is 8.79. The molecule has 1 atom stereocenters. The highest BCUT2D eigenvalue weighted by Gasteiger charge is 2.27. The van der Waals surface area contributed by atoms with Gasteiger partial charge in [-0.2, -0.15) is 0 Å². The van der Waals surface area contributed by atoms with Crippen LogP contribution in [0.4, 0.5) is 5.69 Å². The first-order valence-corrected chi connectivity index (χ1v) is 5.20. The lowest BCUT2D eigenvalue weighted by atomic mass is 10.2. The molecule has 1 aromatic carbocycles. The first kappa shape index (κ1) is 9.38. The quantitative estimate of drug-likeness (QED) is 0.790. The molecule has 1 saturated carbocycles. The minimum atomic E-state index is 0.585. The number of rotatable bonds is 4. The van der Waals surface area contributed by atoms with Crippen LogP contribution in [0.2, 0.25) is 0 Å². The summed E-state index contributed by atoms with van der Waals surface area (Å²) in [7, 11) is 1.70. The lowest BCUT2D eigenvalue weighted by molar-refractivity contribution is 0.415. The van der Waals surface area contributed by atoms with Crippen molar-refractivity contribution < 1.29 is 4.74 Å². The van der Waals surface area contributed by atoms with Gasteiger partial charge in [-0.3, -0.25) is 0 Å². The van der Waals surface area contributed by atoms with Crippen molar-refractivity contribution in [3.8, 4) is 5.75 Å². The van der Waals surface area contributed by atoms with Crippen LogP contribution < -0.4 is 10.1 Å². The van der Waals surface area contributed by atoms with E-state index < -0.39 is 0 Å². The minimum absolute atomic E-state index is 0.585. The Labute approximate surface area is 85.3 Å². The first-order valence-electron chi connectivity index (χ1n) is 5.20. The van der Waals surface area contributed by atoms with E-state index in [1.807, 2.05) is 18.2 Å². The fourth-order valence-corrected chi connectivity index (χ4v) is 1.69. The smallest absolute Gasteiger partial charge is 0.120 e. The zero-order chi connectivity index (χ0) is 9.97. The maximum Gasteiger partial charge on any atom is 0.120 e. The molecule has 0 spiro atoms. The number of hydrogen-bond donors (Lipinski definition) is 1. The molecule has 0 radical (unpaired) electrons. The molecule has 1 aromatic rings. The van der Waals surface area contributed by atoms with Crippen molar-refractivity contribution in [1.82, 2.24) is 0 Å². The van der Waals surface area contributed by atoms with Crippen LogP contribution in [0.25, 0.3) is 0 Å². The highest BCUT2D eigenvalue weighted by Crippen LogP contribution is 2.34. The van der Waals surface area contributed by atoms with Gasteiger partial charge in [0, 0.05) is 17.8 Å². The summed E-state index contributed by atoms with van der Waals surface area (Å²) in [6.07, 6.45) is 2.75. The van der Waals surface area contributed by atoms with Crippen LogP contribution >= 0.6 is 0 Å². The van der Waals surface area contributed by atoms with E-state index in [0.29, 0.717) is 6.04 Å². The Bertz CT molecular complexity index is 307. The van der Waals surface area contributed by atoms with Gasteiger partial charge in [0.2, 0.25) is 0 Å². The maximum atomic E-state index is 5.17. The Morgan fingerprint density at radius 3 is 2.86 bits per heavy atom. The molecule has 0 aromatic heterocycles. The van der Waals surface area contributed by atoms with Crippen molar-refractivity contribution in [2.24, 2.45) is 5.92 Å². The Morgan fingerprint density at radius 2 is 2.21 bits per heavy atom. The van der Waals surface area contributed by atoms with E-state index in [1.54, 1.807) is 7.11 Å². The third-order valence-electron chi connectivity index (χ3n) is 2.79. The summed E-state index contributed by atoms with van der Waals surface area (Å²) in [6.45, 7) is 2.25. The molecule has 0 bridgehead atoms. The molecule has 1 aliphatic rings. The van der Waals surface area contributed by atoms with Gasteiger partial charge >= 0.3 is 0 Å². The van der Waals surface area contributed by atoms with Crippen LogP contribution in [-0.4, -0.2) is 13.2 Å². The third kappa shape index (κ3) is 2.19. The summed E-state index contributed by atoms with van der Waals surface area (Å²) in [5.74, 6) is 1.79. The van der Waals surface area contributed by atoms with E-state index in [0.717, 1.165) is 17.4 Å². The largest absolute Gasteiger partial charge is 0.497 e. The molecule has 1 aliphatic carbocycles. The van der Waals surface area contributed by atoms with Crippen molar-refractivity contribution in [3.05, 3.63) is 24.3 Å². The summed E-state index contributed by atoms with van der Waals surface area (Å²) in [4.78, 5) is 0. The highest BCUT2D eigenvalue weighted by atomic mass is 16.5. The number of nitrogens with one attached hydrogen (secondary N) is 1. The van der Waals surface area contributed by atoms with Crippen molar-refractivity contribution in [3.63, 3.8) is 0 Å². The highest BCUT2D eigenvalue weighted by molar-refractivity contribution is 5.48. The van der Waals surface area contributed by atoms with Crippen molar-refractivity contribution in [2.45, 2.75) is 25.8 Å². The SMILES string of the molecule is COc1cccc(N[C@@H](C)C2CC2)c1. The number of hydrogen-bond acceptors (Lipinski definition) is 2. The van der Waals surface area contributed by atoms with Crippen LogP contribution in [0.1, 0.15) is 19.8 Å². The molecule has 0 heterocycles. The van der Waals surface area contributed by atoms with Crippen molar-refractivity contribution in [2.75, 3.05) is 12.4 Å². The van der Waals surface area contributed by atoms with E-state index in [-0.39, 0.29) is 0 Å². The standard InChI is InChI=1S/C12H17NO/c1-9(10-6-7-10)13-11-4-3-5-12(8-11)14-2/h3-5,8-10,13H,6-7H2,1-2H3/t9-/m0/s1. The van der Waals surface area contributed by atoms with Crippen LogP contribution in [0.15, 0.2) is 24.3 Å². The summed E-state index contributed by atoms with van der Waals surface area (Å²) >= 11 is 0. The van der Waals surface area contributed by atoms with Crippen LogP contribution in [0.5, 0.6) is 5.75 Å². The van der Waals surface area contributed by atoms with Gasteiger partial charge in [0.25, 0.3) is 0 Å². The molecular formula is C12H17NO. The van der Waals surface area contributed by atoms with Crippen molar-refractivity contribution in [1.29, 1.82) is 0 Å². The molecule has 2 rings (SSSR count). The zero-order valence-corrected chi connectivity index (χ0v) is 8.79. The van der Waals surface area contributed by atoms with E-state index in [1.165, 1.54) is 12.8 Å². The molecule has 1 fully saturated rings. The number of benzene rings is 1. The second kappa shape index (κ2) is 3.91. The van der Waals surface area contributed by atoms with Gasteiger partial charge in [-0.15, -0.1) is 0 Å². The molecule has 1 N–H and O–H groups in total. The van der Waals surface area contributed by atoms with Gasteiger partial charge in [-0.25, -0.2) is 0 Å². The Balaban J connectivity index is 2.00. The molecule has 14 heavy (non-hydrogen) atoms. The topological polar surface area (TPSA) is 21.3 Å². The van der Waals surface area contributed by atoms with Gasteiger partial charge in [0.1, 0.15) is 5.75 Å². The summed E-state index contributed by atoms with van der Waals surface area (Å²) < 4.78 is 5.17. The van der Waals surface area contributed by atoms with Gasteiger partial charge in [0.15, 0.2) is 0 Å². The fraction of sp³-hybridized carbons (Fsp3) is 0.500. The lowest BCUT2D eigenvalue weighted by Crippen LogP contribution is -2.16. The summed E-state index contributed by atoms with van der Waals surface area (Å²) in [5.41, 5.74) is 1.16. The number of ether oxygens (including phenoxy) is 1. The van der Waals surface area contributed by atoms with E-state index in [2.05, 4.69) is 18.3 Å². The fourth-order valence-electron chi connectivity index (χ4n) is 1.69. The lowest BCUT2D eigenvalue weighted by Gasteiger charge is -2.14. The maximum absolute atomic E-state index is 5.17. The molecule has 0 aliphatic heterocycles. The molecule has 0 amide bonds.